The fourth-order valence-corrected chi connectivity index (χ4v) is 2.40. The molecule has 110 valence electrons. The Bertz CT molecular complexity index is 470. The van der Waals surface area contributed by atoms with E-state index in [-0.39, 0.29) is 5.91 Å². The normalized spacial score (nSPS) is 15.3. The summed E-state index contributed by atoms with van der Waals surface area (Å²) in [6.07, 6.45) is 0. The number of carbonyl (C=O) groups is 1. The van der Waals surface area contributed by atoms with Crippen LogP contribution in [-0.4, -0.2) is 57.7 Å². The van der Waals surface area contributed by atoms with Crippen LogP contribution in [0.2, 0.25) is 0 Å². The summed E-state index contributed by atoms with van der Waals surface area (Å²) in [5.41, 5.74) is 7.64. The van der Waals surface area contributed by atoms with E-state index < -0.39 is 0 Å². The molecular formula is C14H22N4O2. The fraction of sp³-hybridized carbons (Fsp3) is 0.500. The number of rotatable bonds is 4. The molecule has 1 aromatic rings. The van der Waals surface area contributed by atoms with Crippen LogP contribution in [0.3, 0.4) is 0 Å². The lowest BCUT2D eigenvalue weighted by Crippen LogP contribution is -2.50. The molecule has 6 nitrogen and oxygen atoms in total. The first kappa shape index (κ1) is 14.5. The zero-order chi connectivity index (χ0) is 14.5. The molecule has 0 radical (unpaired) electrons. The summed E-state index contributed by atoms with van der Waals surface area (Å²) in [5.74, 6) is 0.845. The number of nitrogens with one attached hydrogen (secondary N) is 1. The van der Waals surface area contributed by atoms with Crippen molar-refractivity contribution in [2.45, 2.75) is 0 Å². The largest absolute Gasteiger partial charge is 0.495 e. The highest BCUT2D eigenvalue weighted by Crippen LogP contribution is 2.27. The highest BCUT2D eigenvalue weighted by atomic mass is 16.5. The summed E-state index contributed by atoms with van der Waals surface area (Å²) in [6.45, 7) is 3.52. The standard InChI is InChI=1S/C14H22N4O2/c1-16-10-14(19)18-7-5-17(6-8-18)11-3-4-13(20-2)12(15)9-11/h3-4,9,16H,5-8,10,15H2,1-2H3. The zero-order valence-corrected chi connectivity index (χ0v) is 12.1. The van der Waals surface area contributed by atoms with Crippen LogP contribution in [0.4, 0.5) is 11.4 Å². The summed E-state index contributed by atoms with van der Waals surface area (Å²) in [5, 5.41) is 2.89. The van der Waals surface area contributed by atoms with E-state index in [1.54, 1.807) is 14.2 Å². The second-order valence-electron chi connectivity index (χ2n) is 4.82. The number of nitrogens with two attached hydrogens (primary N) is 1. The summed E-state index contributed by atoms with van der Waals surface area (Å²) in [6, 6.07) is 5.80. The molecule has 0 aliphatic carbocycles. The van der Waals surface area contributed by atoms with Crippen LogP contribution in [0.15, 0.2) is 18.2 Å². The van der Waals surface area contributed by atoms with Crippen molar-refractivity contribution in [3.63, 3.8) is 0 Å². The third-order valence-electron chi connectivity index (χ3n) is 3.54. The van der Waals surface area contributed by atoms with Gasteiger partial charge in [-0.3, -0.25) is 4.79 Å². The van der Waals surface area contributed by atoms with E-state index in [4.69, 9.17) is 10.5 Å². The van der Waals surface area contributed by atoms with E-state index >= 15 is 0 Å². The van der Waals surface area contributed by atoms with Crippen molar-refractivity contribution in [3.05, 3.63) is 18.2 Å². The molecule has 1 aliphatic heterocycles. The highest BCUT2D eigenvalue weighted by molar-refractivity contribution is 5.78. The van der Waals surface area contributed by atoms with Crippen LogP contribution in [-0.2, 0) is 4.79 Å². The molecule has 2 rings (SSSR count). The number of piperazine rings is 1. The van der Waals surface area contributed by atoms with Crippen molar-refractivity contribution in [3.8, 4) is 5.75 Å². The van der Waals surface area contributed by atoms with Crippen LogP contribution in [0, 0.1) is 0 Å². The van der Waals surface area contributed by atoms with E-state index in [0.29, 0.717) is 18.0 Å². The molecule has 20 heavy (non-hydrogen) atoms. The third kappa shape index (κ3) is 3.14. The monoisotopic (exact) mass is 278 g/mol. The molecule has 0 atom stereocenters. The third-order valence-corrected chi connectivity index (χ3v) is 3.54. The number of methoxy groups -OCH3 is 1. The molecule has 0 spiro atoms. The molecule has 1 aromatic carbocycles. The minimum atomic E-state index is 0.154. The average molecular weight is 278 g/mol. The van der Waals surface area contributed by atoms with Crippen LogP contribution in [0.25, 0.3) is 0 Å². The van der Waals surface area contributed by atoms with Gasteiger partial charge in [0.1, 0.15) is 5.75 Å². The summed E-state index contributed by atoms with van der Waals surface area (Å²) in [4.78, 5) is 15.9. The van der Waals surface area contributed by atoms with Crippen molar-refractivity contribution in [1.82, 2.24) is 10.2 Å². The van der Waals surface area contributed by atoms with Gasteiger partial charge in [0.2, 0.25) is 5.91 Å². The van der Waals surface area contributed by atoms with E-state index in [2.05, 4.69) is 10.2 Å². The first-order valence-electron chi connectivity index (χ1n) is 6.76. The Morgan fingerprint density at radius 1 is 1.35 bits per heavy atom. The van der Waals surface area contributed by atoms with Gasteiger partial charge in [-0.25, -0.2) is 0 Å². The van der Waals surface area contributed by atoms with Gasteiger partial charge in [-0.15, -0.1) is 0 Å². The Labute approximate surface area is 119 Å². The van der Waals surface area contributed by atoms with Crippen molar-refractivity contribution in [2.75, 3.05) is 57.5 Å². The predicted molar refractivity (Wildman–Crippen MR) is 80.1 cm³/mol. The van der Waals surface area contributed by atoms with Crippen LogP contribution < -0.4 is 20.7 Å². The zero-order valence-electron chi connectivity index (χ0n) is 12.1. The number of ether oxygens (including phenoxy) is 1. The van der Waals surface area contributed by atoms with E-state index in [1.165, 1.54) is 0 Å². The number of carbonyl (C=O) groups excluding carboxylic acids is 1. The maximum Gasteiger partial charge on any atom is 0.236 e. The van der Waals surface area contributed by atoms with Crippen molar-refractivity contribution >= 4 is 17.3 Å². The van der Waals surface area contributed by atoms with Gasteiger partial charge < -0.3 is 25.6 Å². The van der Waals surface area contributed by atoms with E-state index in [0.717, 1.165) is 31.9 Å². The van der Waals surface area contributed by atoms with Gasteiger partial charge in [0.15, 0.2) is 0 Å². The minimum absolute atomic E-state index is 0.154. The second kappa shape index (κ2) is 6.47. The smallest absolute Gasteiger partial charge is 0.236 e. The van der Waals surface area contributed by atoms with Gasteiger partial charge in [0.05, 0.1) is 19.3 Å². The Morgan fingerprint density at radius 3 is 2.60 bits per heavy atom. The Morgan fingerprint density at radius 2 is 2.05 bits per heavy atom. The molecule has 0 bridgehead atoms. The van der Waals surface area contributed by atoms with Crippen molar-refractivity contribution in [1.29, 1.82) is 0 Å². The highest BCUT2D eigenvalue weighted by Gasteiger charge is 2.21. The lowest BCUT2D eigenvalue weighted by Gasteiger charge is -2.36. The van der Waals surface area contributed by atoms with Crippen LogP contribution in [0.5, 0.6) is 5.75 Å². The number of likely N-dealkylation sites (N-methyl/N-ethyl adjacent to an activating group) is 1. The topological polar surface area (TPSA) is 70.8 Å². The number of hydrogen-bond acceptors (Lipinski definition) is 5. The molecule has 0 aromatic heterocycles. The van der Waals surface area contributed by atoms with E-state index in [1.807, 2.05) is 23.1 Å². The number of nitrogens with zero attached hydrogens (tertiary/aromatic N) is 2. The second-order valence-corrected chi connectivity index (χ2v) is 4.82. The number of nitrogen functional groups attached to an aromatic ring is 1. The van der Waals surface area contributed by atoms with Gasteiger partial charge in [-0.1, -0.05) is 0 Å². The van der Waals surface area contributed by atoms with Gasteiger partial charge in [0, 0.05) is 31.9 Å². The molecule has 1 aliphatic rings. The average Bonchev–Trinajstić information content (AvgIpc) is 2.47. The van der Waals surface area contributed by atoms with Gasteiger partial charge >= 0.3 is 0 Å². The maximum absolute atomic E-state index is 11.8. The van der Waals surface area contributed by atoms with Crippen LogP contribution >= 0.6 is 0 Å². The van der Waals surface area contributed by atoms with E-state index in [9.17, 15) is 4.79 Å². The minimum Gasteiger partial charge on any atom is -0.495 e. The van der Waals surface area contributed by atoms with Gasteiger partial charge in [-0.2, -0.15) is 0 Å². The number of hydrogen-bond donors (Lipinski definition) is 2. The molecule has 6 heteroatoms. The Kier molecular flexibility index (Phi) is 4.68. The lowest BCUT2D eigenvalue weighted by molar-refractivity contribution is -0.130. The van der Waals surface area contributed by atoms with Crippen LogP contribution in [0.1, 0.15) is 0 Å². The maximum atomic E-state index is 11.8. The fourth-order valence-electron chi connectivity index (χ4n) is 2.40. The first-order chi connectivity index (χ1) is 9.65. The molecular weight excluding hydrogens is 256 g/mol. The first-order valence-corrected chi connectivity index (χ1v) is 6.76. The predicted octanol–water partition coefficient (Wildman–Crippen LogP) is 0.145. The molecule has 1 fully saturated rings. The molecule has 1 amide bonds. The summed E-state index contributed by atoms with van der Waals surface area (Å²) in [7, 11) is 3.39. The number of amides is 1. The lowest BCUT2D eigenvalue weighted by atomic mass is 10.2. The quantitative estimate of drug-likeness (QED) is 0.767. The SMILES string of the molecule is CNCC(=O)N1CCN(c2ccc(OC)c(N)c2)CC1. The molecule has 0 saturated carbocycles. The molecule has 1 heterocycles. The molecule has 1 saturated heterocycles. The number of anilines is 2. The van der Waals surface area contributed by atoms with Crippen molar-refractivity contribution < 1.29 is 9.53 Å². The Hall–Kier alpha value is -1.95. The van der Waals surface area contributed by atoms with Gasteiger partial charge in [-0.05, 0) is 25.2 Å². The number of benzene rings is 1. The van der Waals surface area contributed by atoms with Crippen molar-refractivity contribution in [2.24, 2.45) is 0 Å². The summed E-state index contributed by atoms with van der Waals surface area (Å²) < 4.78 is 5.16. The van der Waals surface area contributed by atoms with Gasteiger partial charge in [0.25, 0.3) is 0 Å². The molecule has 3 N–H and O–H groups in total. The summed E-state index contributed by atoms with van der Waals surface area (Å²) >= 11 is 0. The molecule has 0 unspecified atom stereocenters. The Balaban J connectivity index is 1.97.